The lowest BCUT2D eigenvalue weighted by Gasteiger charge is -2.36. The number of amides is 2. The Hall–Kier alpha value is -2.12. The zero-order valence-corrected chi connectivity index (χ0v) is 14.6. The fourth-order valence-electron chi connectivity index (χ4n) is 3.24. The van der Waals surface area contributed by atoms with Crippen molar-refractivity contribution in [2.45, 2.75) is 12.5 Å². The number of nitrogens with one attached hydrogen (secondary N) is 1. The molecule has 1 aromatic carbocycles. The van der Waals surface area contributed by atoms with Crippen molar-refractivity contribution in [3.8, 4) is 5.75 Å². The number of morpholine rings is 1. The number of piperazine rings is 1. The van der Waals surface area contributed by atoms with Gasteiger partial charge in [-0.15, -0.1) is 0 Å². The van der Waals surface area contributed by atoms with Gasteiger partial charge in [0, 0.05) is 45.2 Å². The van der Waals surface area contributed by atoms with Crippen LogP contribution in [0, 0.1) is 0 Å². The van der Waals surface area contributed by atoms with Crippen molar-refractivity contribution in [2.24, 2.45) is 0 Å². The maximum Gasteiger partial charge on any atom is 0.257 e. The van der Waals surface area contributed by atoms with E-state index in [2.05, 4.69) is 5.32 Å². The lowest BCUT2D eigenvalue weighted by molar-refractivity contribution is -0.133. The Kier molecular flexibility index (Phi) is 5.88. The Morgan fingerprint density at radius 2 is 1.92 bits per heavy atom. The standard InChI is InChI=1S/C18H25N3O4/c1-24-16-5-3-2-4-15(16)18(23)21-9-7-20(8-10-21)17(22)12-14-13-25-11-6-19-14/h2-5,14,19H,6-13H2,1H3/t14-/m0/s1. The highest BCUT2D eigenvalue weighted by Gasteiger charge is 2.27. The number of carbonyl (C=O) groups is 2. The van der Waals surface area contributed by atoms with Crippen molar-refractivity contribution < 1.29 is 19.1 Å². The van der Waals surface area contributed by atoms with Crippen LogP contribution >= 0.6 is 0 Å². The molecule has 7 heteroatoms. The summed E-state index contributed by atoms with van der Waals surface area (Å²) in [5, 5.41) is 3.30. The number of rotatable bonds is 4. The summed E-state index contributed by atoms with van der Waals surface area (Å²) in [5.74, 6) is 0.647. The van der Waals surface area contributed by atoms with Gasteiger partial charge in [-0.3, -0.25) is 9.59 Å². The Balaban J connectivity index is 1.52. The first-order valence-corrected chi connectivity index (χ1v) is 8.70. The van der Waals surface area contributed by atoms with Crippen molar-refractivity contribution in [1.82, 2.24) is 15.1 Å². The number of ether oxygens (including phenoxy) is 2. The van der Waals surface area contributed by atoms with E-state index < -0.39 is 0 Å². The van der Waals surface area contributed by atoms with Crippen molar-refractivity contribution in [3.63, 3.8) is 0 Å². The summed E-state index contributed by atoms with van der Waals surface area (Å²) < 4.78 is 10.7. The molecule has 1 N–H and O–H groups in total. The second-order valence-corrected chi connectivity index (χ2v) is 6.30. The van der Waals surface area contributed by atoms with Crippen LogP contribution in [0.25, 0.3) is 0 Å². The van der Waals surface area contributed by atoms with Crippen LogP contribution in [0.3, 0.4) is 0 Å². The minimum atomic E-state index is -0.0492. The minimum absolute atomic E-state index is 0.0492. The van der Waals surface area contributed by atoms with Gasteiger partial charge in [0.1, 0.15) is 5.75 Å². The van der Waals surface area contributed by atoms with Crippen LogP contribution in [0.15, 0.2) is 24.3 Å². The molecule has 0 bridgehead atoms. The maximum atomic E-state index is 12.7. The Morgan fingerprint density at radius 1 is 1.20 bits per heavy atom. The van der Waals surface area contributed by atoms with E-state index in [-0.39, 0.29) is 17.9 Å². The van der Waals surface area contributed by atoms with E-state index in [0.717, 1.165) is 6.54 Å². The first kappa shape index (κ1) is 17.7. The monoisotopic (exact) mass is 347 g/mol. The second kappa shape index (κ2) is 8.31. The van der Waals surface area contributed by atoms with Crippen LogP contribution in [-0.4, -0.2) is 80.7 Å². The molecule has 2 amide bonds. The zero-order chi connectivity index (χ0) is 17.6. The van der Waals surface area contributed by atoms with Gasteiger partial charge in [0.2, 0.25) is 5.91 Å². The van der Waals surface area contributed by atoms with Crippen molar-refractivity contribution in [2.75, 3.05) is 53.0 Å². The largest absolute Gasteiger partial charge is 0.496 e. The highest BCUT2D eigenvalue weighted by Crippen LogP contribution is 2.20. The average Bonchev–Trinajstić information content (AvgIpc) is 2.68. The summed E-state index contributed by atoms with van der Waals surface area (Å²) in [6.07, 6.45) is 0.445. The van der Waals surface area contributed by atoms with Crippen molar-refractivity contribution in [1.29, 1.82) is 0 Å². The van der Waals surface area contributed by atoms with E-state index in [1.165, 1.54) is 0 Å². The van der Waals surface area contributed by atoms with E-state index in [9.17, 15) is 9.59 Å². The van der Waals surface area contributed by atoms with Crippen molar-refractivity contribution in [3.05, 3.63) is 29.8 Å². The molecule has 2 saturated heterocycles. The summed E-state index contributed by atoms with van der Waals surface area (Å²) in [4.78, 5) is 28.7. The van der Waals surface area contributed by atoms with Gasteiger partial charge in [0.05, 0.1) is 25.9 Å². The maximum absolute atomic E-state index is 12.7. The third-order valence-electron chi connectivity index (χ3n) is 4.68. The van der Waals surface area contributed by atoms with Gasteiger partial charge in [-0.2, -0.15) is 0 Å². The molecule has 7 nitrogen and oxygen atoms in total. The highest BCUT2D eigenvalue weighted by atomic mass is 16.5. The van der Waals surface area contributed by atoms with Gasteiger partial charge in [0.15, 0.2) is 0 Å². The molecule has 0 aromatic heterocycles. The summed E-state index contributed by atoms with van der Waals surface area (Å²) in [6, 6.07) is 7.32. The van der Waals surface area contributed by atoms with Crippen LogP contribution in [0.1, 0.15) is 16.8 Å². The number of hydrogen-bond donors (Lipinski definition) is 1. The van der Waals surface area contributed by atoms with Crippen LogP contribution in [0.2, 0.25) is 0 Å². The molecule has 2 fully saturated rings. The lowest BCUT2D eigenvalue weighted by Crippen LogP contribution is -2.52. The molecule has 0 unspecified atom stereocenters. The van der Waals surface area contributed by atoms with Gasteiger partial charge >= 0.3 is 0 Å². The summed E-state index contributed by atoms with van der Waals surface area (Å²) >= 11 is 0. The molecule has 3 rings (SSSR count). The van der Waals surface area contributed by atoms with Crippen LogP contribution in [0.4, 0.5) is 0 Å². The van der Waals surface area contributed by atoms with Gasteiger partial charge in [-0.25, -0.2) is 0 Å². The molecular weight excluding hydrogens is 322 g/mol. The molecule has 0 radical (unpaired) electrons. The van der Waals surface area contributed by atoms with Crippen molar-refractivity contribution >= 4 is 11.8 Å². The molecule has 0 aliphatic carbocycles. The van der Waals surface area contributed by atoms with Crippen LogP contribution in [-0.2, 0) is 9.53 Å². The topological polar surface area (TPSA) is 71.1 Å². The predicted octanol–water partition coefficient (Wildman–Crippen LogP) is 0.358. The van der Waals surface area contributed by atoms with Crippen LogP contribution < -0.4 is 10.1 Å². The molecule has 136 valence electrons. The smallest absolute Gasteiger partial charge is 0.257 e. The quantitative estimate of drug-likeness (QED) is 0.851. The summed E-state index contributed by atoms with van der Waals surface area (Å²) in [5.41, 5.74) is 0.563. The molecule has 2 aliphatic rings. The summed E-state index contributed by atoms with van der Waals surface area (Å²) in [6.45, 7) is 4.28. The number of nitrogens with zero attached hydrogens (tertiary/aromatic N) is 2. The molecule has 1 aromatic rings. The zero-order valence-electron chi connectivity index (χ0n) is 14.6. The molecular formula is C18H25N3O4. The Morgan fingerprint density at radius 3 is 2.60 bits per heavy atom. The highest BCUT2D eigenvalue weighted by molar-refractivity contribution is 5.97. The van der Waals surface area contributed by atoms with Gasteiger partial charge < -0.3 is 24.6 Å². The van der Waals surface area contributed by atoms with Gasteiger partial charge in [-0.05, 0) is 12.1 Å². The minimum Gasteiger partial charge on any atom is -0.496 e. The Bertz CT molecular complexity index is 608. The number of para-hydroxylation sites is 1. The molecule has 2 aliphatic heterocycles. The van der Waals surface area contributed by atoms with Gasteiger partial charge in [-0.1, -0.05) is 12.1 Å². The fourth-order valence-corrected chi connectivity index (χ4v) is 3.24. The molecule has 1 atom stereocenters. The average molecular weight is 347 g/mol. The molecule has 0 spiro atoms. The van der Waals surface area contributed by atoms with E-state index >= 15 is 0 Å². The first-order valence-electron chi connectivity index (χ1n) is 8.70. The van der Waals surface area contributed by atoms with Gasteiger partial charge in [0.25, 0.3) is 5.91 Å². The second-order valence-electron chi connectivity index (χ2n) is 6.30. The fraction of sp³-hybridized carbons (Fsp3) is 0.556. The third kappa shape index (κ3) is 4.29. The summed E-state index contributed by atoms with van der Waals surface area (Å²) in [7, 11) is 1.56. The number of benzene rings is 1. The van der Waals surface area contributed by atoms with E-state index in [1.807, 2.05) is 17.0 Å². The molecule has 25 heavy (non-hydrogen) atoms. The number of carbonyl (C=O) groups excluding carboxylic acids is 2. The third-order valence-corrected chi connectivity index (χ3v) is 4.68. The van der Waals surface area contributed by atoms with E-state index in [0.29, 0.717) is 57.1 Å². The lowest BCUT2D eigenvalue weighted by atomic mass is 10.1. The molecule has 0 saturated carbocycles. The van der Waals surface area contributed by atoms with Crippen LogP contribution in [0.5, 0.6) is 5.75 Å². The SMILES string of the molecule is COc1ccccc1C(=O)N1CCN(C(=O)C[C@H]2COCCN2)CC1. The van der Waals surface area contributed by atoms with E-state index in [4.69, 9.17) is 9.47 Å². The predicted molar refractivity (Wildman–Crippen MR) is 92.7 cm³/mol. The van der Waals surface area contributed by atoms with E-state index in [1.54, 1.807) is 24.1 Å². The first-order chi connectivity index (χ1) is 12.2. The Labute approximate surface area is 147 Å². The molecule has 2 heterocycles. The normalized spacial score (nSPS) is 21.1. The number of methoxy groups -OCH3 is 1. The number of hydrogen-bond acceptors (Lipinski definition) is 5.